The summed E-state index contributed by atoms with van der Waals surface area (Å²) in [7, 11) is 1.56. The second-order valence-electron chi connectivity index (χ2n) is 7.07. The first kappa shape index (κ1) is 21.7. The van der Waals surface area contributed by atoms with Gasteiger partial charge in [0.15, 0.2) is 12.2 Å². The molecule has 164 valence electrons. The summed E-state index contributed by atoms with van der Waals surface area (Å²) >= 11 is 1.59. The van der Waals surface area contributed by atoms with Crippen molar-refractivity contribution in [2.24, 2.45) is 0 Å². The number of rotatable bonds is 8. The first-order chi connectivity index (χ1) is 15.4. The van der Waals surface area contributed by atoms with E-state index in [4.69, 9.17) is 19.0 Å². The van der Waals surface area contributed by atoms with Crippen LogP contribution in [0.25, 0.3) is 22.6 Å². The van der Waals surface area contributed by atoms with E-state index in [1.165, 1.54) is 12.1 Å². The molecule has 32 heavy (non-hydrogen) atoms. The highest BCUT2D eigenvalue weighted by Crippen LogP contribution is 2.37. The van der Waals surface area contributed by atoms with Crippen LogP contribution >= 0.6 is 11.8 Å². The van der Waals surface area contributed by atoms with E-state index in [-0.39, 0.29) is 5.82 Å². The van der Waals surface area contributed by atoms with Crippen molar-refractivity contribution < 1.29 is 28.2 Å². The summed E-state index contributed by atoms with van der Waals surface area (Å²) in [5.74, 6) is 0.857. The third kappa shape index (κ3) is 4.86. The van der Waals surface area contributed by atoms with Crippen LogP contribution in [0.15, 0.2) is 63.9 Å². The van der Waals surface area contributed by atoms with Gasteiger partial charge >= 0.3 is 5.97 Å². The van der Waals surface area contributed by atoms with Crippen molar-refractivity contribution in [3.05, 3.63) is 71.5 Å². The van der Waals surface area contributed by atoms with Crippen LogP contribution in [0.2, 0.25) is 0 Å². The third-order valence-corrected chi connectivity index (χ3v) is 5.86. The van der Waals surface area contributed by atoms with Crippen LogP contribution in [0.4, 0.5) is 4.39 Å². The average molecular weight is 453 g/mol. The zero-order valence-corrected chi connectivity index (χ0v) is 18.2. The molecule has 4 aromatic rings. The highest BCUT2D eigenvalue weighted by Gasteiger charge is 2.13. The fraction of sp³-hybridized carbons (Fsp3) is 0.167. The molecule has 0 bridgehead atoms. The summed E-state index contributed by atoms with van der Waals surface area (Å²) in [5.41, 5.74) is 3.97. The van der Waals surface area contributed by atoms with E-state index in [1.807, 2.05) is 31.2 Å². The first-order valence-electron chi connectivity index (χ1n) is 9.74. The van der Waals surface area contributed by atoms with Gasteiger partial charge in [0.05, 0.1) is 12.0 Å². The predicted octanol–water partition coefficient (Wildman–Crippen LogP) is 5.71. The quantitative estimate of drug-likeness (QED) is 0.342. The average Bonchev–Trinajstić information content (AvgIpc) is 3.20. The Kier molecular flexibility index (Phi) is 6.32. The normalized spacial score (nSPS) is 11.0. The molecule has 1 heterocycles. The number of halogens is 1. The second-order valence-corrected chi connectivity index (χ2v) is 8.08. The molecule has 0 saturated carbocycles. The van der Waals surface area contributed by atoms with Gasteiger partial charge in [0, 0.05) is 17.4 Å². The monoisotopic (exact) mass is 453 g/mol. The zero-order chi connectivity index (χ0) is 22.7. The van der Waals surface area contributed by atoms with Crippen LogP contribution in [0, 0.1) is 12.7 Å². The van der Waals surface area contributed by atoms with Crippen LogP contribution in [-0.2, 0) is 10.5 Å². The van der Waals surface area contributed by atoms with Crippen molar-refractivity contribution in [2.75, 3.05) is 13.7 Å². The van der Waals surface area contributed by atoms with E-state index in [9.17, 15) is 9.18 Å². The number of hydrogen-bond acceptors (Lipinski definition) is 6. The molecule has 0 radical (unpaired) electrons. The minimum atomic E-state index is -1.03. The maximum Gasteiger partial charge on any atom is 0.341 e. The molecule has 0 spiro atoms. The Balaban J connectivity index is 1.51. The van der Waals surface area contributed by atoms with Crippen molar-refractivity contribution >= 4 is 28.8 Å². The SMILES string of the molecule is COc1cc(OCC(=O)O)c(C)cc1SCc1ccc2oc(-c3ccc(F)cc3)nc2c1. The smallest absolute Gasteiger partial charge is 0.341 e. The van der Waals surface area contributed by atoms with Gasteiger partial charge in [-0.3, -0.25) is 0 Å². The number of aromatic nitrogens is 1. The number of carboxylic acid groups (broad SMARTS) is 1. The fourth-order valence-corrected chi connectivity index (χ4v) is 4.20. The number of thioether (sulfide) groups is 1. The van der Waals surface area contributed by atoms with Crippen molar-refractivity contribution in [3.8, 4) is 23.0 Å². The predicted molar refractivity (Wildman–Crippen MR) is 120 cm³/mol. The summed E-state index contributed by atoms with van der Waals surface area (Å²) in [5, 5.41) is 8.82. The summed E-state index contributed by atoms with van der Waals surface area (Å²) in [4.78, 5) is 16.2. The number of nitrogens with zero attached hydrogens (tertiary/aromatic N) is 1. The maximum atomic E-state index is 13.2. The van der Waals surface area contributed by atoms with Gasteiger partial charge in [-0.1, -0.05) is 6.07 Å². The molecule has 0 amide bonds. The Morgan fingerprint density at radius 2 is 1.91 bits per heavy atom. The highest BCUT2D eigenvalue weighted by molar-refractivity contribution is 7.98. The number of oxazole rings is 1. The molecule has 0 aliphatic rings. The molecule has 0 unspecified atom stereocenters. The number of hydrogen-bond donors (Lipinski definition) is 1. The number of aliphatic carboxylic acids is 1. The zero-order valence-electron chi connectivity index (χ0n) is 17.4. The van der Waals surface area contributed by atoms with Gasteiger partial charge < -0.3 is 19.0 Å². The minimum Gasteiger partial charge on any atom is -0.495 e. The van der Waals surface area contributed by atoms with Crippen molar-refractivity contribution in [3.63, 3.8) is 0 Å². The molecule has 1 N–H and O–H groups in total. The van der Waals surface area contributed by atoms with E-state index in [1.54, 1.807) is 37.1 Å². The van der Waals surface area contributed by atoms with Crippen LogP contribution < -0.4 is 9.47 Å². The number of benzene rings is 3. The van der Waals surface area contributed by atoms with Gasteiger partial charge in [-0.15, -0.1) is 11.8 Å². The molecule has 0 aliphatic carbocycles. The Hall–Kier alpha value is -3.52. The summed E-state index contributed by atoms with van der Waals surface area (Å²) in [6.45, 7) is 1.45. The standard InChI is InChI=1S/C24H20FNO5S/c1-14-9-22(21(29-2)11-20(14)30-12-23(27)28)32-13-15-3-8-19-18(10-15)26-24(31-19)16-4-6-17(25)7-5-16/h3-11H,12-13H2,1-2H3,(H,27,28). The lowest BCUT2D eigenvalue weighted by atomic mass is 10.2. The van der Waals surface area contributed by atoms with E-state index < -0.39 is 12.6 Å². The Bertz CT molecular complexity index is 1270. The lowest BCUT2D eigenvalue weighted by Crippen LogP contribution is -2.10. The number of carbonyl (C=O) groups is 1. The van der Waals surface area contributed by atoms with E-state index in [0.717, 1.165) is 21.5 Å². The number of fused-ring (bicyclic) bond motifs is 1. The van der Waals surface area contributed by atoms with Crippen LogP contribution in [0.1, 0.15) is 11.1 Å². The van der Waals surface area contributed by atoms with Crippen molar-refractivity contribution in [2.45, 2.75) is 17.6 Å². The van der Waals surface area contributed by atoms with Gasteiger partial charge in [0.25, 0.3) is 0 Å². The Labute approximate surface area is 188 Å². The van der Waals surface area contributed by atoms with Crippen LogP contribution in [0.5, 0.6) is 11.5 Å². The summed E-state index contributed by atoms with van der Waals surface area (Å²) in [6, 6.07) is 15.4. The molecule has 6 nitrogen and oxygen atoms in total. The van der Waals surface area contributed by atoms with E-state index in [2.05, 4.69) is 4.98 Å². The lowest BCUT2D eigenvalue weighted by Gasteiger charge is -2.13. The molecule has 0 aliphatic heterocycles. The van der Waals surface area contributed by atoms with Crippen molar-refractivity contribution in [1.82, 2.24) is 4.98 Å². The van der Waals surface area contributed by atoms with Gasteiger partial charge in [-0.25, -0.2) is 14.2 Å². The second kappa shape index (κ2) is 9.32. The fourth-order valence-electron chi connectivity index (χ4n) is 3.15. The topological polar surface area (TPSA) is 81.8 Å². The number of aryl methyl sites for hydroxylation is 1. The molecule has 1 aromatic heterocycles. The molecule has 8 heteroatoms. The van der Waals surface area contributed by atoms with Crippen LogP contribution in [-0.4, -0.2) is 29.8 Å². The van der Waals surface area contributed by atoms with Crippen LogP contribution in [0.3, 0.4) is 0 Å². The number of methoxy groups -OCH3 is 1. The molecular formula is C24H20FNO5S. The minimum absolute atomic E-state index is 0.309. The lowest BCUT2D eigenvalue weighted by molar-refractivity contribution is -0.139. The first-order valence-corrected chi connectivity index (χ1v) is 10.7. The molecule has 0 atom stereocenters. The van der Waals surface area contributed by atoms with Gasteiger partial charge in [0.2, 0.25) is 5.89 Å². The van der Waals surface area contributed by atoms with Gasteiger partial charge in [-0.2, -0.15) is 0 Å². The highest BCUT2D eigenvalue weighted by atomic mass is 32.2. The van der Waals surface area contributed by atoms with Gasteiger partial charge in [-0.05, 0) is 60.5 Å². The van der Waals surface area contributed by atoms with Crippen molar-refractivity contribution in [1.29, 1.82) is 0 Å². The molecule has 0 fully saturated rings. The molecule has 0 saturated heterocycles. The van der Waals surface area contributed by atoms with E-state index in [0.29, 0.717) is 34.3 Å². The Morgan fingerprint density at radius 3 is 2.62 bits per heavy atom. The van der Waals surface area contributed by atoms with E-state index >= 15 is 0 Å². The third-order valence-electron chi connectivity index (χ3n) is 4.75. The van der Waals surface area contributed by atoms with Gasteiger partial charge in [0.1, 0.15) is 22.8 Å². The molecule has 3 aromatic carbocycles. The number of carboxylic acids is 1. The number of ether oxygens (including phenoxy) is 2. The summed E-state index contributed by atoms with van der Waals surface area (Å²) < 4.78 is 29.8. The molecule has 4 rings (SSSR count). The maximum absolute atomic E-state index is 13.2. The largest absolute Gasteiger partial charge is 0.495 e. The Morgan fingerprint density at radius 1 is 1.12 bits per heavy atom. The summed E-state index contributed by atoms with van der Waals surface area (Å²) in [6.07, 6.45) is 0. The molecular weight excluding hydrogens is 433 g/mol.